The first-order chi connectivity index (χ1) is 22.6. The smallest absolute Gasteiger partial charge is 0.0765 e. The Kier molecular flexibility index (Phi) is 6.22. The summed E-state index contributed by atoms with van der Waals surface area (Å²) in [6.45, 7) is 1.96. The van der Waals surface area contributed by atoms with E-state index < -0.39 is 11.5 Å². The molecule has 0 bridgehead atoms. The molecule has 6 aromatic rings. The number of hydrogen-bond donors (Lipinski definition) is 2. The predicted octanol–water partition coefficient (Wildman–Crippen LogP) is 8.84. The number of fused-ring (bicyclic) bond motifs is 9. The topological polar surface area (TPSA) is 40.5 Å². The van der Waals surface area contributed by atoms with Gasteiger partial charge < -0.3 is 10.2 Å². The third-order valence-corrected chi connectivity index (χ3v) is 11.3. The monoisotopic (exact) mass is 596 g/mol. The molecule has 0 spiro atoms. The first-order valence-corrected chi connectivity index (χ1v) is 16.5. The van der Waals surface area contributed by atoms with E-state index in [2.05, 4.69) is 134 Å². The van der Waals surface area contributed by atoms with Crippen LogP contribution in [0.2, 0.25) is 0 Å². The molecular weight excluding hydrogens is 560 g/mol. The third kappa shape index (κ3) is 3.78. The predicted molar refractivity (Wildman–Crippen MR) is 186 cm³/mol. The first-order valence-electron chi connectivity index (χ1n) is 16.5. The number of aliphatic hydroxyl groups excluding tert-OH is 2. The van der Waals surface area contributed by atoms with Gasteiger partial charge in [0.15, 0.2) is 0 Å². The number of hydrogen-bond acceptors (Lipinski definition) is 2. The van der Waals surface area contributed by atoms with Gasteiger partial charge in [0.05, 0.1) is 18.1 Å². The minimum atomic E-state index is -1.05. The van der Waals surface area contributed by atoms with E-state index in [0.29, 0.717) is 0 Å². The highest BCUT2D eigenvalue weighted by molar-refractivity contribution is 5.82. The summed E-state index contributed by atoms with van der Waals surface area (Å²) in [6, 6.07) is 45.4. The lowest BCUT2D eigenvalue weighted by molar-refractivity contribution is 0.0434. The molecule has 46 heavy (non-hydrogen) atoms. The molecule has 0 aromatic heterocycles. The highest BCUT2D eigenvalue weighted by Gasteiger charge is 2.48. The van der Waals surface area contributed by atoms with Crippen LogP contribution < -0.4 is 0 Å². The molecule has 2 N–H and O–H groups in total. The average Bonchev–Trinajstić information content (AvgIpc) is 3.80. The summed E-state index contributed by atoms with van der Waals surface area (Å²) in [5.41, 5.74) is 17.3. The highest BCUT2D eigenvalue weighted by atomic mass is 16.3. The number of rotatable bonds is 6. The molecule has 2 heteroatoms. The van der Waals surface area contributed by atoms with E-state index in [4.69, 9.17) is 0 Å². The van der Waals surface area contributed by atoms with E-state index in [1.165, 1.54) is 66.8 Å². The zero-order valence-corrected chi connectivity index (χ0v) is 26.0. The van der Waals surface area contributed by atoms with Crippen molar-refractivity contribution < 1.29 is 10.2 Å². The molecule has 0 saturated heterocycles. The molecule has 2 atom stereocenters. The summed E-state index contributed by atoms with van der Waals surface area (Å²) in [7, 11) is 0. The Hall–Kier alpha value is -4.76. The van der Waals surface area contributed by atoms with Gasteiger partial charge in [-0.15, -0.1) is 0 Å². The fraction of sp³-hybridized carbons (Fsp3) is 0.182. The normalized spacial score (nSPS) is 14.9. The van der Waals surface area contributed by atoms with Crippen LogP contribution in [-0.4, -0.2) is 22.9 Å². The summed E-state index contributed by atoms with van der Waals surface area (Å²) >= 11 is 0. The first kappa shape index (κ1) is 27.5. The van der Waals surface area contributed by atoms with Crippen LogP contribution in [0.4, 0.5) is 0 Å². The van der Waals surface area contributed by atoms with Crippen LogP contribution in [0.5, 0.6) is 0 Å². The highest BCUT2D eigenvalue weighted by Crippen LogP contribution is 2.52. The summed E-state index contributed by atoms with van der Waals surface area (Å²) in [5.74, 6) is -0.240. The van der Waals surface area contributed by atoms with Crippen molar-refractivity contribution in [3.8, 4) is 33.4 Å². The molecule has 3 aliphatic rings. The lowest BCUT2D eigenvalue weighted by atomic mass is 9.63. The Balaban J connectivity index is 1.27. The molecule has 224 valence electrons. The van der Waals surface area contributed by atoms with Gasteiger partial charge in [-0.2, -0.15) is 0 Å². The van der Waals surface area contributed by atoms with Crippen molar-refractivity contribution in [2.45, 2.75) is 43.6 Å². The van der Waals surface area contributed by atoms with Crippen molar-refractivity contribution in [1.29, 1.82) is 0 Å². The number of benzene rings is 6. The van der Waals surface area contributed by atoms with Gasteiger partial charge in [0.1, 0.15) is 0 Å². The van der Waals surface area contributed by atoms with Crippen LogP contribution in [0, 0.1) is 0 Å². The van der Waals surface area contributed by atoms with Gasteiger partial charge in [0.2, 0.25) is 0 Å². The SMILES string of the molecule is CC(c1cccc2c1Cc1ccccc1-2)C(O)C(CO)(c1cccc2c1Cc1ccccc1-2)c1cccc2c1Cc1ccccc1-2. The largest absolute Gasteiger partial charge is 0.395 e. The van der Waals surface area contributed by atoms with Crippen molar-refractivity contribution in [3.05, 3.63) is 177 Å². The van der Waals surface area contributed by atoms with Gasteiger partial charge in [-0.25, -0.2) is 0 Å². The number of aliphatic hydroxyl groups is 2. The Bertz CT molecular complexity index is 2080. The van der Waals surface area contributed by atoms with E-state index in [1.807, 2.05) is 0 Å². The van der Waals surface area contributed by atoms with E-state index in [1.54, 1.807) is 0 Å². The van der Waals surface area contributed by atoms with Crippen LogP contribution in [0.25, 0.3) is 33.4 Å². The zero-order chi connectivity index (χ0) is 31.0. The molecule has 3 aliphatic carbocycles. The second-order valence-electron chi connectivity index (χ2n) is 13.4. The van der Waals surface area contributed by atoms with Gasteiger partial charge >= 0.3 is 0 Å². The van der Waals surface area contributed by atoms with Gasteiger partial charge in [-0.05, 0) is 103 Å². The van der Waals surface area contributed by atoms with Crippen LogP contribution in [0.1, 0.15) is 62.9 Å². The maximum Gasteiger partial charge on any atom is 0.0765 e. The van der Waals surface area contributed by atoms with Crippen molar-refractivity contribution in [3.63, 3.8) is 0 Å². The minimum Gasteiger partial charge on any atom is -0.395 e. The molecule has 9 rings (SSSR count). The maximum atomic E-state index is 13.1. The van der Waals surface area contributed by atoms with Crippen LogP contribution in [-0.2, 0) is 24.7 Å². The molecule has 0 radical (unpaired) electrons. The third-order valence-electron chi connectivity index (χ3n) is 11.3. The fourth-order valence-electron chi connectivity index (χ4n) is 9.08. The van der Waals surface area contributed by atoms with E-state index in [-0.39, 0.29) is 12.5 Å². The van der Waals surface area contributed by atoms with Crippen molar-refractivity contribution in [2.75, 3.05) is 6.61 Å². The molecule has 0 aliphatic heterocycles. The minimum absolute atomic E-state index is 0.201. The average molecular weight is 597 g/mol. The Labute approximate surface area is 270 Å². The fourth-order valence-corrected chi connectivity index (χ4v) is 9.08. The Morgan fingerprint density at radius 1 is 0.500 bits per heavy atom. The molecule has 2 unspecified atom stereocenters. The Morgan fingerprint density at radius 3 is 1.37 bits per heavy atom. The summed E-state index contributed by atoms with van der Waals surface area (Å²) < 4.78 is 0. The summed E-state index contributed by atoms with van der Waals surface area (Å²) in [4.78, 5) is 0. The molecule has 6 aromatic carbocycles. The quantitative estimate of drug-likeness (QED) is 0.201. The Morgan fingerprint density at radius 2 is 0.891 bits per heavy atom. The van der Waals surface area contributed by atoms with E-state index in [9.17, 15) is 10.2 Å². The summed E-state index contributed by atoms with van der Waals surface area (Å²) in [5, 5.41) is 25.0. The second-order valence-corrected chi connectivity index (χ2v) is 13.4. The second kappa shape index (κ2) is 10.4. The lowest BCUT2D eigenvalue weighted by Crippen LogP contribution is -2.48. The zero-order valence-electron chi connectivity index (χ0n) is 26.0. The van der Waals surface area contributed by atoms with E-state index >= 15 is 0 Å². The maximum absolute atomic E-state index is 13.1. The summed E-state index contributed by atoms with van der Waals surface area (Å²) in [6.07, 6.45) is 1.54. The van der Waals surface area contributed by atoms with Crippen LogP contribution >= 0.6 is 0 Å². The van der Waals surface area contributed by atoms with E-state index in [0.717, 1.165) is 36.0 Å². The molecule has 0 fully saturated rings. The molecular formula is C44H36O2. The molecule has 0 heterocycles. The molecule has 0 saturated carbocycles. The van der Waals surface area contributed by atoms with Crippen molar-refractivity contribution in [2.24, 2.45) is 0 Å². The molecule has 0 amide bonds. The van der Waals surface area contributed by atoms with Gasteiger partial charge in [0, 0.05) is 5.92 Å². The standard InChI is InChI=1S/C44H36O2/c1-27(31-17-8-18-35-32-14-5-2-11-28(32)23-38(31)35)43(46)44(26-45,41-21-9-19-36-33-15-6-3-12-29(33)24-39(36)41)42-22-10-20-37-34-16-7-4-13-30(34)25-40(37)42/h2-22,27,43,45-46H,23-26H2,1H3. The van der Waals surface area contributed by atoms with Crippen LogP contribution in [0.15, 0.2) is 127 Å². The lowest BCUT2D eigenvalue weighted by Gasteiger charge is -2.43. The van der Waals surface area contributed by atoms with Crippen LogP contribution in [0.3, 0.4) is 0 Å². The van der Waals surface area contributed by atoms with Crippen molar-refractivity contribution in [1.82, 2.24) is 0 Å². The van der Waals surface area contributed by atoms with Gasteiger partial charge in [-0.1, -0.05) is 134 Å². The van der Waals surface area contributed by atoms with Crippen molar-refractivity contribution >= 4 is 0 Å². The van der Waals surface area contributed by atoms with Gasteiger partial charge in [-0.3, -0.25) is 0 Å². The molecule has 2 nitrogen and oxygen atoms in total. The van der Waals surface area contributed by atoms with Gasteiger partial charge in [0.25, 0.3) is 0 Å².